The molecule has 2 rings (SSSR count). The van der Waals surface area contributed by atoms with Gasteiger partial charge in [-0.2, -0.15) is 0 Å². The molecule has 0 saturated carbocycles. The number of aliphatic hydroxyl groups is 2. The van der Waals surface area contributed by atoms with Crippen LogP contribution < -0.4 is 9.47 Å². The number of rotatable bonds is 15. The van der Waals surface area contributed by atoms with Gasteiger partial charge in [-0.15, -0.1) is 13.2 Å². The molecule has 174 valence electrons. The minimum atomic E-state index is -0.685. The number of ether oxygens (including phenoxy) is 2. The summed E-state index contributed by atoms with van der Waals surface area (Å²) in [5, 5.41) is 21.1. The van der Waals surface area contributed by atoms with Crippen LogP contribution in [-0.2, 0) is 12.8 Å². The number of aliphatic hydroxyl groups excluding tert-OH is 2. The van der Waals surface area contributed by atoms with Gasteiger partial charge in [0.2, 0.25) is 0 Å². The van der Waals surface area contributed by atoms with Crippen LogP contribution in [0.2, 0.25) is 0 Å². The van der Waals surface area contributed by atoms with E-state index in [2.05, 4.69) is 13.2 Å². The number of hydrogen-bond acceptors (Lipinski definition) is 5. The molecule has 5 nitrogen and oxygen atoms in total. The highest BCUT2D eigenvalue weighted by molar-refractivity contribution is 5.35. The first kappa shape index (κ1) is 25.7. The molecule has 0 aliphatic rings. The van der Waals surface area contributed by atoms with Gasteiger partial charge in [0, 0.05) is 19.1 Å². The summed E-state index contributed by atoms with van der Waals surface area (Å²) < 4.78 is 11.7. The van der Waals surface area contributed by atoms with Crippen LogP contribution in [0.25, 0.3) is 0 Å². The lowest BCUT2D eigenvalue weighted by molar-refractivity contribution is 0.0194. The maximum atomic E-state index is 10.6. The fourth-order valence-electron chi connectivity index (χ4n) is 3.45. The molecule has 0 heterocycles. The van der Waals surface area contributed by atoms with Crippen molar-refractivity contribution in [3.63, 3.8) is 0 Å². The minimum Gasteiger partial charge on any atom is -0.491 e. The van der Waals surface area contributed by atoms with Gasteiger partial charge in [-0.3, -0.25) is 4.90 Å². The third-order valence-corrected chi connectivity index (χ3v) is 5.16. The van der Waals surface area contributed by atoms with Crippen LogP contribution in [0.1, 0.15) is 25.0 Å². The summed E-state index contributed by atoms with van der Waals surface area (Å²) in [6.45, 7) is 12.8. The Morgan fingerprint density at radius 3 is 1.56 bits per heavy atom. The van der Waals surface area contributed by atoms with E-state index in [0.29, 0.717) is 25.9 Å². The van der Waals surface area contributed by atoms with E-state index in [1.54, 1.807) is 0 Å². The van der Waals surface area contributed by atoms with Gasteiger partial charge in [0.05, 0.1) is 0 Å². The molecule has 2 atom stereocenters. The minimum absolute atomic E-state index is 0.153. The highest BCUT2D eigenvalue weighted by Gasteiger charge is 2.20. The average molecular weight is 440 g/mol. The number of hydrogen-bond donors (Lipinski definition) is 2. The topological polar surface area (TPSA) is 62.2 Å². The van der Waals surface area contributed by atoms with E-state index in [1.807, 2.05) is 79.4 Å². The van der Waals surface area contributed by atoms with Gasteiger partial charge in [0.25, 0.3) is 0 Å². The van der Waals surface area contributed by atoms with E-state index in [0.717, 1.165) is 22.6 Å². The quantitative estimate of drug-likeness (QED) is 0.410. The van der Waals surface area contributed by atoms with Gasteiger partial charge in [0.1, 0.15) is 36.9 Å². The van der Waals surface area contributed by atoms with E-state index >= 15 is 0 Å². The van der Waals surface area contributed by atoms with Crippen LogP contribution in [0.4, 0.5) is 0 Å². The maximum absolute atomic E-state index is 10.6. The normalized spacial score (nSPS) is 13.1. The summed E-state index contributed by atoms with van der Waals surface area (Å²) in [5.74, 6) is 1.52. The molecule has 2 N–H and O–H groups in total. The lowest BCUT2D eigenvalue weighted by Crippen LogP contribution is -2.45. The SMILES string of the molecule is C=CCc1ccccc1OCC(O)CN(CC(O)COc1ccccc1CC=C)C(C)C. The fraction of sp³-hybridized carbons (Fsp3) is 0.407. The maximum Gasteiger partial charge on any atom is 0.122 e. The summed E-state index contributed by atoms with van der Waals surface area (Å²) in [6.07, 6.45) is 3.72. The number of para-hydroxylation sites is 2. The van der Waals surface area contributed by atoms with Crippen molar-refractivity contribution in [3.05, 3.63) is 85.0 Å². The van der Waals surface area contributed by atoms with Crippen molar-refractivity contribution in [2.24, 2.45) is 0 Å². The van der Waals surface area contributed by atoms with Gasteiger partial charge in [-0.25, -0.2) is 0 Å². The Labute approximate surface area is 192 Å². The van der Waals surface area contributed by atoms with Crippen molar-refractivity contribution in [1.82, 2.24) is 4.90 Å². The zero-order valence-electron chi connectivity index (χ0n) is 19.3. The van der Waals surface area contributed by atoms with E-state index in [-0.39, 0.29) is 19.3 Å². The molecule has 0 fully saturated rings. The highest BCUT2D eigenvalue weighted by atomic mass is 16.5. The van der Waals surface area contributed by atoms with Crippen molar-refractivity contribution >= 4 is 0 Å². The predicted octanol–water partition coefficient (Wildman–Crippen LogP) is 4.03. The second-order valence-corrected chi connectivity index (χ2v) is 8.18. The highest BCUT2D eigenvalue weighted by Crippen LogP contribution is 2.20. The van der Waals surface area contributed by atoms with Crippen molar-refractivity contribution in [1.29, 1.82) is 0 Å². The first-order chi connectivity index (χ1) is 15.4. The standard InChI is InChI=1S/C27H37NO4/c1-5-11-22-13-7-9-15-26(22)31-19-24(29)17-28(21(3)4)18-25(30)20-32-27-16-10-8-14-23(27)12-6-2/h5-10,13-16,21,24-25,29-30H,1-2,11-12,17-20H2,3-4H3. The van der Waals surface area contributed by atoms with Crippen LogP contribution in [-0.4, -0.2) is 59.7 Å². The second kappa shape index (κ2) is 13.7. The van der Waals surface area contributed by atoms with Gasteiger partial charge < -0.3 is 19.7 Å². The average Bonchev–Trinajstić information content (AvgIpc) is 2.78. The van der Waals surface area contributed by atoms with E-state index in [9.17, 15) is 10.2 Å². The molecule has 0 radical (unpaired) electrons. The summed E-state index contributed by atoms with van der Waals surface area (Å²) in [4.78, 5) is 2.04. The van der Waals surface area contributed by atoms with Crippen LogP contribution in [0.5, 0.6) is 11.5 Å². The fourth-order valence-corrected chi connectivity index (χ4v) is 3.45. The van der Waals surface area contributed by atoms with Gasteiger partial charge in [0.15, 0.2) is 0 Å². The number of nitrogens with zero attached hydrogens (tertiary/aromatic N) is 1. The lowest BCUT2D eigenvalue weighted by atomic mass is 10.1. The molecule has 0 bridgehead atoms. The second-order valence-electron chi connectivity index (χ2n) is 8.18. The lowest BCUT2D eigenvalue weighted by Gasteiger charge is -2.30. The Morgan fingerprint density at radius 2 is 1.19 bits per heavy atom. The molecule has 0 amide bonds. The zero-order chi connectivity index (χ0) is 23.3. The molecule has 0 saturated heterocycles. The summed E-state index contributed by atoms with van der Waals surface area (Å²) in [6, 6.07) is 15.7. The molecule has 2 unspecified atom stereocenters. The Bertz CT molecular complexity index is 770. The molecule has 0 aliphatic carbocycles. The zero-order valence-corrected chi connectivity index (χ0v) is 19.3. The molecular weight excluding hydrogens is 402 g/mol. The Kier molecular flexibility index (Phi) is 11.0. The predicted molar refractivity (Wildman–Crippen MR) is 130 cm³/mol. The van der Waals surface area contributed by atoms with Gasteiger partial charge in [-0.1, -0.05) is 48.6 Å². The van der Waals surface area contributed by atoms with Crippen molar-refractivity contribution in [2.75, 3.05) is 26.3 Å². The molecule has 2 aromatic rings. The van der Waals surface area contributed by atoms with Crippen molar-refractivity contribution < 1.29 is 19.7 Å². The third-order valence-electron chi connectivity index (χ3n) is 5.16. The van der Waals surface area contributed by atoms with Crippen molar-refractivity contribution in [2.45, 2.75) is 44.9 Å². The molecule has 0 aliphatic heterocycles. The molecule has 32 heavy (non-hydrogen) atoms. The largest absolute Gasteiger partial charge is 0.491 e. The summed E-state index contributed by atoms with van der Waals surface area (Å²) in [5.41, 5.74) is 2.08. The first-order valence-electron chi connectivity index (χ1n) is 11.2. The van der Waals surface area contributed by atoms with Crippen LogP contribution >= 0.6 is 0 Å². The smallest absolute Gasteiger partial charge is 0.122 e. The van der Waals surface area contributed by atoms with Gasteiger partial charge in [-0.05, 0) is 49.9 Å². The van der Waals surface area contributed by atoms with Crippen LogP contribution in [0.3, 0.4) is 0 Å². The Hall–Kier alpha value is -2.60. The van der Waals surface area contributed by atoms with E-state index in [1.165, 1.54) is 0 Å². The number of allylic oxidation sites excluding steroid dienone is 2. The van der Waals surface area contributed by atoms with Crippen molar-refractivity contribution in [3.8, 4) is 11.5 Å². The molecule has 0 aromatic heterocycles. The van der Waals surface area contributed by atoms with Gasteiger partial charge >= 0.3 is 0 Å². The Balaban J connectivity index is 1.86. The number of benzene rings is 2. The monoisotopic (exact) mass is 439 g/mol. The molecule has 5 heteroatoms. The van der Waals surface area contributed by atoms with E-state index in [4.69, 9.17) is 9.47 Å². The summed E-state index contributed by atoms with van der Waals surface area (Å²) in [7, 11) is 0. The van der Waals surface area contributed by atoms with Crippen LogP contribution in [0, 0.1) is 0 Å². The Morgan fingerprint density at radius 1 is 0.781 bits per heavy atom. The molecule has 0 spiro atoms. The summed E-state index contributed by atoms with van der Waals surface area (Å²) >= 11 is 0. The molecule has 2 aromatic carbocycles. The van der Waals surface area contributed by atoms with E-state index < -0.39 is 12.2 Å². The first-order valence-corrected chi connectivity index (χ1v) is 11.2. The molecular formula is C27H37NO4. The van der Waals surface area contributed by atoms with Crippen LogP contribution in [0.15, 0.2) is 73.8 Å². The third kappa shape index (κ3) is 8.50.